The highest BCUT2D eigenvalue weighted by molar-refractivity contribution is 5.93. The van der Waals surface area contributed by atoms with E-state index in [0.29, 0.717) is 29.6 Å². The lowest BCUT2D eigenvalue weighted by Crippen LogP contribution is -2.43. The van der Waals surface area contributed by atoms with E-state index in [9.17, 15) is 4.79 Å². The summed E-state index contributed by atoms with van der Waals surface area (Å²) in [6, 6.07) is 11.6. The van der Waals surface area contributed by atoms with Gasteiger partial charge in [-0.25, -0.2) is 9.86 Å². The molecule has 0 saturated carbocycles. The highest BCUT2D eigenvalue weighted by atomic mass is 17.0. The zero-order valence-electron chi connectivity index (χ0n) is 20.2. The second-order valence-electron chi connectivity index (χ2n) is 8.85. The molecule has 0 amide bonds. The number of esters is 1. The van der Waals surface area contributed by atoms with Crippen molar-refractivity contribution in [3.8, 4) is 11.5 Å². The molecular formula is C26H34N2O6. The number of methoxy groups -OCH3 is 1. The molecule has 0 aliphatic carbocycles. The SMILES string of the molecule is CCC1CCc2cc(C)ccc2N1ONOc1ccc(OCC2CCOCC2)c(C(=O)OC)c1. The Kier molecular flexibility index (Phi) is 8.26. The van der Waals surface area contributed by atoms with Gasteiger partial charge in [-0.05, 0) is 74.4 Å². The molecule has 0 bridgehead atoms. The molecule has 2 aliphatic heterocycles. The van der Waals surface area contributed by atoms with E-state index in [1.165, 1.54) is 18.2 Å². The van der Waals surface area contributed by atoms with Crippen LogP contribution in [-0.2, 0) is 20.8 Å². The van der Waals surface area contributed by atoms with Crippen LogP contribution < -0.4 is 20.3 Å². The van der Waals surface area contributed by atoms with Crippen LogP contribution in [0.5, 0.6) is 11.5 Å². The molecular weight excluding hydrogens is 436 g/mol. The number of carbonyl (C=O) groups excluding carboxylic acids is 1. The van der Waals surface area contributed by atoms with E-state index >= 15 is 0 Å². The summed E-state index contributed by atoms with van der Waals surface area (Å²) in [4.78, 5) is 23.8. The number of aryl methyl sites for hydroxylation is 2. The Balaban J connectivity index is 1.41. The van der Waals surface area contributed by atoms with Gasteiger partial charge in [0.15, 0.2) is 5.75 Å². The first-order chi connectivity index (χ1) is 16.6. The molecule has 0 spiro atoms. The average Bonchev–Trinajstić information content (AvgIpc) is 2.87. The summed E-state index contributed by atoms with van der Waals surface area (Å²) in [6.07, 6.45) is 4.87. The average molecular weight is 471 g/mol. The van der Waals surface area contributed by atoms with Gasteiger partial charge in [0.05, 0.1) is 25.4 Å². The van der Waals surface area contributed by atoms with E-state index in [4.69, 9.17) is 24.0 Å². The normalized spacial score (nSPS) is 18.3. The Morgan fingerprint density at radius 2 is 1.97 bits per heavy atom. The molecule has 0 radical (unpaired) electrons. The maximum atomic E-state index is 12.4. The first-order valence-corrected chi connectivity index (χ1v) is 12.0. The van der Waals surface area contributed by atoms with Crippen molar-refractivity contribution in [3.63, 3.8) is 0 Å². The first kappa shape index (κ1) is 24.3. The maximum absolute atomic E-state index is 12.4. The number of ether oxygens (including phenoxy) is 3. The van der Waals surface area contributed by atoms with Crippen molar-refractivity contribution in [1.29, 1.82) is 0 Å². The summed E-state index contributed by atoms with van der Waals surface area (Å²) < 4.78 is 16.3. The van der Waals surface area contributed by atoms with Gasteiger partial charge in [0, 0.05) is 19.3 Å². The topological polar surface area (TPSA) is 78.5 Å². The van der Waals surface area contributed by atoms with Crippen molar-refractivity contribution in [3.05, 3.63) is 53.1 Å². The third-order valence-electron chi connectivity index (χ3n) is 6.49. The lowest BCUT2D eigenvalue weighted by molar-refractivity contribution is -0.128. The van der Waals surface area contributed by atoms with Crippen LogP contribution in [0.3, 0.4) is 0 Å². The summed E-state index contributed by atoms with van der Waals surface area (Å²) in [5.41, 5.74) is 6.42. The van der Waals surface area contributed by atoms with E-state index in [0.717, 1.165) is 51.0 Å². The smallest absolute Gasteiger partial charge is 0.341 e. The van der Waals surface area contributed by atoms with Gasteiger partial charge in [-0.2, -0.15) is 0 Å². The van der Waals surface area contributed by atoms with E-state index in [2.05, 4.69) is 37.7 Å². The van der Waals surface area contributed by atoms with Crippen LogP contribution in [0, 0.1) is 12.8 Å². The zero-order chi connectivity index (χ0) is 23.9. The van der Waals surface area contributed by atoms with Crippen LogP contribution in [-0.4, -0.2) is 38.9 Å². The Bertz CT molecular complexity index is 976. The second-order valence-corrected chi connectivity index (χ2v) is 8.85. The summed E-state index contributed by atoms with van der Waals surface area (Å²) in [6.45, 7) is 6.26. The standard InChI is InChI=1S/C26H34N2O6/c1-4-21-7-6-20-15-18(2)5-9-24(20)28(21)34-27-33-22-8-10-25(23(16-22)26(29)30-3)32-17-19-11-13-31-14-12-19/h5,8-10,15-16,19,21,27H,4,6-7,11-14,17H2,1-3H3. The number of hydrogen-bond acceptors (Lipinski definition) is 8. The molecule has 1 atom stereocenters. The third kappa shape index (κ3) is 5.81. The van der Waals surface area contributed by atoms with Crippen molar-refractivity contribution in [2.75, 3.05) is 32.0 Å². The number of rotatable bonds is 9. The minimum absolute atomic E-state index is 0.234. The summed E-state index contributed by atoms with van der Waals surface area (Å²) >= 11 is 0. The van der Waals surface area contributed by atoms with Gasteiger partial charge in [0.1, 0.15) is 11.3 Å². The molecule has 2 aromatic rings. The Morgan fingerprint density at radius 1 is 1.15 bits per heavy atom. The van der Waals surface area contributed by atoms with Gasteiger partial charge >= 0.3 is 5.97 Å². The van der Waals surface area contributed by atoms with E-state index in [-0.39, 0.29) is 6.04 Å². The predicted molar refractivity (Wildman–Crippen MR) is 128 cm³/mol. The molecule has 4 rings (SSSR count). The summed E-state index contributed by atoms with van der Waals surface area (Å²) in [5.74, 6) is 0.804. The summed E-state index contributed by atoms with van der Waals surface area (Å²) in [5, 5.41) is 1.87. The maximum Gasteiger partial charge on any atom is 0.341 e. The van der Waals surface area contributed by atoms with Gasteiger partial charge in [0.25, 0.3) is 0 Å². The number of benzene rings is 2. The molecule has 2 heterocycles. The van der Waals surface area contributed by atoms with Crippen molar-refractivity contribution in [2.45, 2.75) is 52.0 Å². The van der Waals surface area contributed by atoms with Gasteiger partial charge in [-0.1, -0.05) is 24.6 Å². The lowest BCUT2D eigenvalue weighted by atomic mass is 9.95. The molecule has 184 valence electrons. The van der Waals surface area contributed by atoms with Gasteiger partial charge in [0.2, 0.25) is 0 Å². The monoisotopic (exact) mass is 470 g/mol. The van der Waals surface area contributed by atoms with Crippen LogP contribution in [0.1, 0.15) is 54.1 Å². The number of nitrogens with one attached hydrogen (secondary N) is 1. The van der Waals surface area contributed by atoms with Gasteiger partial charge < -0.3 is 19.0 Å². The fraction of sp³-hybridized carbons (Fsp3) is 0.500. The van der Waals surface area contributed by atoms with Gasteiger partial charge in [-0.3, -0.25) is 0 Å². The largest absolute Gasteiger partial charge is 0.492 e. The van der Waals surface area contributed by atoms with E-state index < -0.39 is 5.97 Å². The van der Waals surface area contributed by atoms with Crippen LogP contribution >= 0.6 is 0 Å². The number of hydrogen-bond donors (Lipinski definition) is 1. The molecule has 34 heavy (non-hydrogen) atoms. The van der Waals surface area contributed by atoms with E-state index in [1.807, 2.05) is 5.06 Å². The van der Waals surface area contributed by atoms with Crippen molar-refractivity contribution >= 4 is 11.7 Å². The number of nitrogens with zero attached hydrogens (tertiary/aromatic N) is 1. The minimum atomic E-state index is -0.486. The van der Waals surface area contributed by atoms with Crippen LogP contribution in [0.15, 0.2) is 36.4 Å². The quantitative estimate of drug-likeness (QED) is 0.423. The predicted octanol–water partition coefficient (Wildman–Crippen LogP) is 4.55. The van der Waals surface area contributed by atoms with Crippen molar-refractivity contribution in [1.82, 2.24) is 5.64 Å². The Labute approximate surface area is 200 Å². The number of anilines is 1. The van der Waals surface area contributed by atoms with Crippen molar-refractivity contribution < 1.29 is 28.8 Å². The van der Waals surface area contributed by atoms with Crippen molar-refractivity contribution in [2.24, 2.45) is 5.92 Å². The van der Waals surface area contributed by atoms with Crippen LogP contribution in [0.25, 0.3) is 0 Å². The molecule has 1 fully saturated rings. The second kappa shape index (κ2) is 11.6. The zero-order valence-corrected chi connectivity index (χ0v) is 20.2. The summed E-state index contributed by atoms with van der Waals surface area (Å²) in [7, 11) is 1.35. The number of carbonyl (C=O) groups is 1. The molecule has 0 aromatic heterocycles. The van der Waals surface area contributed by atoms with Crippen LogP contribution in [0.2, 0.25) is 0 Å². The molecule has 1 unspecified atom stereocenters. The first-order valence-electron chi connectivity index (χ1n) is 12.0. The molecule has 2 aromatic carbocycles. The fourth-order valence-electron chi connectivity index (χ4n) is 4.45. The van der Waals surface area contributed by atoms with Gasteiger partial charge in [-0.15, -0.1) is 4.94 Å². The highest BCUT2D eigenvalue weighted by Crippen LogP contribution is 2.33. The van der Waals surface area contributed by atoms with E-state index in [1.54, 1.807) is 18.2 Å². The Morgan fingerprint density at radius 3 is 2.74 bits per heavy atom. The fourth-order valence-corrected chi connectivity index (χ4v) is 4.45. The number of fused-ring (bicyclic) bond motifs is 1. The molecule has 8 heteroatoms. The molecule has 1 saturated heterocycles. The Hall–Kier alpha value is -2.81. The highest BCUT2D eigenvalue weighted by Gasteiger charge is 2.27. The minimum Gasteiger partial charge on any atom is -0.492 e. The third-order valence-corrected chi connectivity index (χ3v) is 6.49. The lowest BCUT2D eigenvalue weighted by Gasteiger charge is -2.36. The number of hydroxylamine groups is 1. The molecule has 8 nitrogen and oxygen atoms in total. The van der Waals surface area contributed by atoms with Crippen LogP contribution in [0.4, 0.5) is 5.69 Å². The molecule has 2 aliphatic rings. The molecule has 1 N–H and O–H groups in total.